The predicted molar refractivity (Wildman–Crippen MR) is 88.2 cm³/mol. The lowest BCUT2D eigenvalue weighted by Crippen LogP contribution is -2.18. The Morgan fingerprint density at radius 1 is 1.00 bits per heavy atom. The molecule has 2 aromatic rings. The topological polar surface area (TPSA) is 26.3 Å². The number of ketones is 1. The van der Waals surface area contributed by atoms with Gasteiger partial charge in [0.05, 0.1) is 0 Å². The Balaban J connectivity index is 2.06. The number of benzene rings is 2. The van der Waals surface area contributed by atoms with E-state index in [1.807, 2.05) is 49.4 Å². The summed E-state index contributed by atoms with van der Waals surface area (Å²) in [5, 5.41) is 0. The fourth-order valence-electron chi connectivity index (χ4n) is 2.60. The summed E-state index contributed by atoms with van der Waals surface area (Å²) in [7, 11) is 0. The highest BCUT2D eigenvalue weighted by atomic mass is 16.5. The van der Waals surface area contributed by atoms with Crippen LogP contribution < -0.4 is 0 Å². The molecule has 22 heavy (non-hydrogen) atoms. The van der Waals surface area contributed by atoms with E-state index in [-0.39, 0.29) is 11.9 Å². The van der Waals surface area contributed by atoms with Crippen molar-refractivity contribution in [3.63, 3.8) is 0 Å². The van der Waals surface area contributed by atoms with Gasteiger partial charge in [-0.25, -0.2) is 0 Å². The van der Waals surface area contributed by atoms with Crippen LogP contribution in [0.4, 0.5) is 0 Å². The average molecular weight is 290 g/mol. The van der Waals surface area contributed by atoms with Crippen LogP contribution in [0.5, 0.6) is 0 Å². The summed E-state index contributed by atoms with van der Waals surface area (Å²) in [5.41, 5.74) is 3.25. The molecule has 1 heterocycles. The summed E-state index contributed by atoms with van der Waals surface area (Å²) in [6.45, 7) is 1.92. The molecule has 2 aromatic carbocycles. The Kier molecular flexibility index (Phi) is 4.19. The second-order valence-corrected chi connectivity index (χ2v) is 5.44. The van der Waals surface area contributed by atoms with Crippen LogP contribution in [-0.2, 0) is 9.53 Å². The number of allylic oxidation sites excluding steroid dienone is 2. The zero-order valence-corrected chi connectivity index (χ0v) is 12.5. The first-order valence-electron chi connectivity index (χ1n) is 7.46. The molecular formula is C20H18O2. The number of carbonyl (C=O) groups is 1. The molecule has 0 radical (unpaired) electrons. The molecule has 0 bridgehead atoms. The van der Waals surface area contributed by atoms with Crippen LogP contribution in [0.3, 0.4) is 0 Å². The fourth-order valence-corrected chi connectivity index (χ4v) is 2.60. The smallest absolute Gasteiger partial charge is 0.163 e. The molecule has 3 rings (SSSR count). The third kappa shape index (κ3) is 3.34. The molecule has 0 saturated carbocycles. The molecule has 0 aromatic heterocycles. The highest BCUT2D eigenvalue weighted by Crippen LogP contribution is 2.26. The first-order valence-corrected chi connectivity index (χ1v) is 7.46. The summed E-state index contributed by atoms with van der Waals surface area (Å²) in [6.07, 6.45) is 3.92. The zero-order valence-electron chi connectivity index (χ0n) is 12.5. The van der Waals surface area contributed by atoms with Gasteiger partial charge in [-0.05, 0) is 29.7 Å². The van der Waals surface area contributed by atoms with Gasteiger partial charge >= 0.3 is 0 Å². The van der Waals surface area contributed by atoms with E-state index >= 15 is 0 Å². The van der Waals surface area contributed by atoms with E-state index in [2.05, 4.69) is 24.3 Å². The molecule has 0 spiro atoms. The normalized spacial score (nSPS) is 17.4. The van der Waals surface area contributed by atoms with Crippen LogP contribution in [0.15, 0.2) is 78.6 Å². The molecule has 0 aliphatic carbocycles. The molecule has 0 N–H and O–H groups in total. The van der Waals surface area contributed by atoms with Crippen LogP contribution in [0.2, 0.25) is 0 Å². The minimum absolute atomic E-state index is 0.0726. The maximum Gasteiger partial charge on any atom is 0.163 e. The Morgan fingerprint density at radius 3 is 2.05 bits per heavy atom. The quantitative estimate of drug-likeness (QED) is 0.838. The van der Waals surface area contributed by atoms with Gasteiger partial charge in [-0.2, -0.15) is 0 Å². The Bertz CT molecular complexity index is 670. The van der Waals surface area contributed by atoms with Crippen molar-refractivity contribution < 1.29 is 9.53 Å². The second-order valence-electron chi connectivity index (χ2n) is 5.44. The number of rotatable bonds is 3. The van der Waals surface area contributed by atoms with E-state index in [9.17, 15) is 4.79 Å². The summed E-state index contributed by atoms with van der Waals surface area (Å²) < 4.78 is 5.79. The van der Waals surface area contributed by atoms with Crippen molar-refractivity contribution in [2.45, 2.75) is 19.4 Å². The Hall–Kier alpha value is -2.61. The molecule has 1 aliphatic rings. The minimum Gasteiger partial charge on any atom is -0.490 e. The molecule has 110 valence electrons. The van der Waals surface area contributed by atoms with Crippen molar-refractivity contribution >= 4 is 11.4 Å². The van der Waals surface area contributed by atoms with Gasteiger partial charge in [-0.1, -0.05) is 60.7 Å². The van der Waals surface area contributed by atoms with Crippen molar-refractivity contribution in [3.8, 4) is 0 Å². The lowest BCUT2D eigenvalue weighted by Gasteiger charge is -2.20. The van der Waals surface area contributed by atoms with Crippen LogP contribution >= 0.6 is 0 Å². The summed E-state index contributed by atoms with van der Waals surface area (Å²) in [6, 6.07) is 20.3. The van der Waals surface area contributed by atoms with Crippen molar-refractivity contribution in [2.24, 2.45) is 0 Å². The van der Waals surface area contributed by atoms with Crippen LogP contribution in [0, 0.1) is 0 Å². The van der Waals surface area contributed by atoms with Gasteiger partial charge in [-0.15, -0.1) is 0 Å². The molecule has 2 nitrogen and oxygen atoms in total. The summed E-state index contributed by atoms with van der Waals surface area (Å²) in [4.78, 5) is 11.8. The van der Waals surface area contributed by atoms with Crippen molar-refractivity contribution in [2.75, 3.05) is 0 Å². The van der Waals surface area contributed by atoms with Crippen LogP contribution in [0.25, 0.3) is 5.57 Å². The van der Waals surface area contributed by atoms with Crippen LogP contribution in [0.1, 0.15) is 24.5 Å². The van der Waals surface area contributed by atoms with E-state index in [4.69, 9.17) is 4.74 Å². The van der Waals surface area contributed by atoms with Gasteiger partial charge in [0.25, 0.3) is 0 Å². The van der Waals surface area contributed by atoms with Crippen LogP contribution in [-0.4, -0.2) is 11.9 Å². The standard InChI is InChI=1S/C20H18O2/c1-15-12-18(21)13-19(22-15)14-20(16-8-4-2-5-9-16)17-10-6-3-7-11-17/h2-11,13-15H,12H2,1H3. The summed E-state index contributed by atoms with van der Waals surface area (Å²) >= 11 is 0. The third-order valence-electron chi connectivity index (χ3n) is 3.59. The van der Waals surface area contributed by atoms with Gasteiger partial charge in [0, 0.05) is 12.5 Å². The molecule has 1 aliphatic heterocycles. The molecule has 1 unspecified atom stereocenters. The zero-order chi connectivity index (χ0) is 15.4. The average Bonchev–Trinajstić information content (AvgIpc) is 2.53. The molecule has 1 atom stereocenters. The Labute approximate surface area is 130 Å². The van der Waals surface area contributed by atoms with Crippen molar-refractivity contribution in [1.29, 1.82) is 0 Å². The molecule has 0 fully saturated rings. The first kappa shape index (κ1) is 14.3. The van der Waals surface area contributed by atoms with E-state index in [0.29, 0.717) is 12.2 Å². The lowest BCUT2D eigenvalue weighted by atomic mass is 9.96. The van der Waals surface area contributed by atoms with Crippen molar-refractivity contribution in [3.05, 3.63) is 89.7 Å². The van der Waals surface area contributed by atoms with E-state index < -0.39 is 0 Å². The molecule has 0 saturated heterocycles. The number of hydrogen-bond donors (Lipinski definition) is 0. The molecular weight excluding hydrogens is 272 g/mol. The monoisotopic (exact) mass is 290 g/mol. The second kappa shape index (κ2) is 6.44. The number of carbonyl (C=O) groups excluding carboxylic acids is 1. The van der Waals surface area contributed by atoms with E-state index in [1.54, 1.807) is 6.08 Å². The fraction of sp³-hybridized carbons (Fsp3) is 0.150. The van der Waals surface area contributed by atoms with E-state index in [1.165, 1.54) is 0 Å². The highest BCUT2D eigenvalue weighted by molar-refractivity contribution is 5.92. The largest absolute Gasteiger partial charge is 0.490 e. The summed E-state index contributed by atoms with van der Waals surface area (Å²) in [5.74, 6) is 0.747. The van der Waals surface area contributed by atoms with Gasteiger partial charge in [0.15, 0.2) is 5.78 Å². The Morgan fingerprint density at radius 2 is 1.55 bits per heavy atom. The predicted octanol–water partition coefficient (Wildman–Crippen LogP) is 4.38. The molecule has 2 heteroatoms. The van der Waals surface area contributed by atoms with Crippen molar-refractivity contribution in [1.82, 2.24) is 0 Å². The maximum absolute atomic E-state index is 11.8. The highest BCUT2D eigenvalue weighted by Gasteiger charge is 2.17. The third-order valence-corrected chi connectivity index (χ3v) is 3.59. The van der Waals surface area contributed by atoms with E-state index in [0.717, 1.165) is 16.7 Å². The first-order chi connectivity index (χ1) is 10.7. The van der Waals surface area contributed by atoms with Gasteiger partial charge in [0.2, 0.25) is 0 Å². The van der Waals surface area contributed by atoms with Gasteiger partial charge in [-0.3, -0.25) is 4.79 Å². The SMILES string of the molecule is CC1CC(=O)C=C(C=C(c2ccccc2)c2ccccc2)O1. The number of ether oxygens (including phenoxy) is 1. The number of hydrogen-bond acceptors (Lipinski definition) is 2. The van der Waals surface area contributed by atoms with Gasteiger partial charge < -0.3 is 4.74 Å². The minimum atomic E-state index is -0.0726. The maximum atomic E-state index is 11.8. The lowest BCUT2D eigenvalue weighted by molar-refractivity contribution is -0.118. The van der Waals surface area contributed by atoms with Gasteiger partial charge in [0.1, 0.15) is 11.9 Å². The molecule has 0 amide bonds.